The van der Waals surface area contributed by atoms with Gasteiger partial charge in [0, 0.05) is 38.2 Å². The number of sulfonamides is 1. The highest BCUT2D eigenvalue weighted by molar-refractivity contribution is 7.89. The first-order chi connectivity index (χ1) is 7.42. The Hall–Kier alpha value is -1.14. The van der Waals surface area contributed by atoms with Gasteiger partial charge in [-0.1, -0.05) is 0 Å². The summed E-state index contributed by atoms with van der Waals surface area (Å²) in [6, 6.07) is 3.69. The molecule has 0 saturated heterocycles. The molecule has 90 valence electrons. The number of nitrogens with one attached hydrogen (secondary N) is 1. The fraction of sp³-hybridized carbons (Fsp3) is 0.500. The molecule has 16 heavy (non-hydrogen) atoms. The molecular weight excluding hydrogens is 226 g/mol. The summed E-state index contributed by atoms with van der Waals surface area (Å²) in [4.78, 5) is 4.06. The summed E-state index contributed by atoms with van der Waals surface area (Å²) in [5.41, 5.74) is 1.79. The van der Waals surface area contributed by atoms with Crippen molar-refractivity contribution in [3.05, 3.63) is 24.0 Å². The largest absolute Gasteiger partial charge is 0.384 e. The van der Waals surface area contributed by atoms with Crippen molar-refractivity contribution in [1.29, 1.82) is 0 Å². The molecule has 0 fully saturated rings. The Morgan fingerprint density at radius 1 is 1.44 bits per heavy atom. The highest BCUT2D eigenvalue weighted by Crippen LogP contribution is 2.06. The zero-order chi connectivity index (χ0) is 12.2. The van der Waals surface area contributed by atoms with Crippen molar-refractivity contribution >= 4 is 15.7 Å². The minimum Gasteiger partial charge on any atom is -0.384 e. The Balaban J connectivity index is 2.48. The van der Waals surface area contributed by atoms with Gasteiger partial charge in [-0.3, -0.25) is 4.98 Å². The average Bonchev–Trinajstić information content (AvgIpc) is 2.17. The van der Waals surface area contributed by atoms with Gasteiger partial charge in [0.15, 0.2) is 0 Å². The molecule has 0 radical (unpaired) electrons. The molecule has 1 N–H and O–H groups in total. The highest BCUT2D eigenvalue weighted by atomic mass is 32.2. The Bertz CT molecular complexity index is 443. The molecular formula is C10H17N3O2S. The van der Waals surface area contributed by atoms with Crippen molar-refractivity contribution in [2.45, 2.75) is 6.92 Å². The van der Waals surface area contributed by atoms with Crippen LogP contribution < -0.4 is 5.32 Å². The van der Waals surface area contributed by atoms with Gasteiger partial charge in [-0.15, -0.1) is 0 Å². The lowest BCUT2D eigenvalue weighted by molar-refractivity contribution is 0.521. The maximum absolute atomic E-state index is 11.5. The molecule has 0 aliphatic heterocycles. The minimum atomic E-state index is -3.12. The predicted octanol–water partition coefficient (Wildman–Crippen LogP) is 0.693. The summed E-state index contributed by atoms with van der Waals surface area (Å²) in [5, 5.41) is 3.05. The van der Waals surface area contributed by atoms with E-state index in [1.54, 1.807) is 6.20 Å². The monoisotopic (exact) mass is 243 g/mol. The fourth-order valence-electron chi connectivity index (χ4n) is 1.16. The SMILES string of the molecule is Cc1cc(NCCS(=O)(=O)N(C)C)ccn1. The summed E-state index contributed by atoms with van der Waals surface area (Å²) in [6.45, 7) is 2.28. The van der Waals surface area contributed by atoms with Crippen LogP contribution in [0.25, 0.3) is 0 Å². The van der Waals surface area contributed by atoms with Gasteiger partial charge in [-0.2, -0.15) is 0 Å². The lowest BCUT2D eigenvalue weighted by Crippen LogP contribution is -2.28. The molecule has 0 bridgehead atoms. The van der Waals surface area contributed by atoms with Crippen LogP contribution in [0.2, 0.25) is 0 Å². The number of aromatic nitrogens is 1. The van der Waals surface area contributed by atoms with E-state index in [9.17, 15) is 8.42 Å². The highest BCUT2D eigenvalue weighted by Gasteiger charge is 2.12. The van der Waals surface area contributed by atoms with E-state index < -0.39 is 10.0 Å². The van der Waals surface area contributed by atoms with E-state index in [0.29, 0.717) is 6.54 Å². The molecule has 0 aromatic carbocycles. The van der Waals surface area contributed by atoms with E-state index in [4.69, 9.17) is 0 Å². The molecule has 0 atom stereocenters. The molecule has 6 heteroatoms. The first-order valence-corrected chi connectivity index (χ1v) is 6.59. The molecule has 1 aromatic rings. The molecule has 0 spiro atoms. The predicted molar refractivity (Wildman–Crippen MR) is 64.9 cm³/mol. The summed E-state index contributed by atoms with van der Waals surface area (Å²) in [7, 11) is -0.0560. The number of nitrogens with zero attached hydrogens (tertiary/aromatic N) is 2. The van der Waals surface area contributed by atoms with Gasteiger partial charge in [-0.25, -0.2) is 12.7 Å². The summed E-state index contributed by atoms with van der Waals surface area (Å²) in [6.07, 6.45) is 1.69. The van der Waals surface area contributed by atoms with Crippen LogP contribution in [-0.2, 0) is 10.0 Å². The standard InChI is InChI=1S/C10H17N3O2S/c1-9-8-10(4-5-11-9)12-6-7-16(14,15)13(2)3/h4-5,8H,6-7H2,1-3H3,(H,11,12). The summed E-state index contributed by atoms with van der Waals surface area (Å²) in [5.74, 6) is 0.0847. The summed E-state index contributed by atoms with van der Waals surface area (Å²) < 4.78 is 24.2. The number of rotatable bonds is 5. The second-order valence-electron chi connectivity index (χ2n) is 3.71. The van der Waals surface area contributed by atoms with Crippen LogP contribution in [0.15, 0.2) is 18.3 Å². The van der Waals surface area contributed by atoms with Gasteiger partial charge in [0.05, 0.1) is 5.75 Å². The van der Waals surface area contributed by atoms with E-state index in [0.717, 1.165) is 11.4 Å². The Labute approximate surface area is 96.5 Å². The van der Waals surface area contributed by atoms with E-state index in [2.05, 4.69) is 10.3 Å². The first-order valence-electron chi connectivity index (χ1n) is 4.98. The molecule has 0 saturated carbocycles. The van der Waals surface area contributed by atoms with E-state index in [1.165, 1.54) is 18.4 Å². The van der Waals surface area contributed by atoms with Gasteiger partial charge in [-0.05, 0) is 19.1 Å². The topological polar surface area (TPSA) is 62.3 Å². The molecule has 1 rings (SSSR count). The van der Waals surface area contributed by atoms with Crippen LogP contribution in [0.5, 0.6) is 0 Å². The van der Waals surface area contributed by atoms with Crippen molar-refractivity contribution in [1.82, 2.24) is 9.29 Å². The van der Waals surface area contributed by atoms with Gasteiger partial charge in [0.1, 0.15) is 0 Å². The molecule has 0 amide bonds. The fourth-order valence-corrected chi connectivity index (χ4v) is 1.89. The average molecular weight is 243 g/mol. The van der Waals surface area contributed by atoms with Crippen molar-refractivity contribution in [3.8, 4) is 0 Å². The number of hydrogen-bond donors (Lipinski definition) is 1. The van der Waals surface area contributed by atoms with E-state index in [1.807, 2.05) is 19.1 Å². The Kier molecular flexibility index (Phi) is 4.26. The normalized spacial score (nSPS) is 11.8. The Morgan fingerprint density at radius 2 is 2.12 bits per heavy atom. The number of pyridine rings is 1. The van der Waals surface area contributed by atoms with Crippen LogP contribution in [0.4, 0.5) is 5.69 Å². The zero-order valence-electron chi connectivity index (χ0n) is 9.77. The van der Waals surface area contributed by atoms with Crippen molar-refractivity contribution in [2.75, 3.05) is 31.7 Å². The maximum atomic E-state index is 11.5. The first kappa shape index (κ1) is 12.9. The van der Waals surface area contributed by atoms with Crippen molar-refractivity contribution < 1.29 is 8.42 Å². The number of hydrogen-bond acceptors (Lipinski definition) is 4. The zero-order valence-corrected chi connectivity index (χ0v) is 10.6. The molecule has 0 unspecified atom stereocenters. The molecule has 5 nitrogen and oxygen atoms in total. The summed E-state index contributed by atoms with van der Waals surface area (Å²) >= 11 is 0. The molecule has 1 heterocycles. The van der Waals surface area contributed by atoms with E-state index in [-0.39, 0.29) is 5.75 Å². The molecule has 0 aliphatic rings. The van der Waals surface area contributed by atoms with Crippen LogP contribution in [-0.4, -0.2) is 44.1 Å². The van der Waals surface area contributed by atoms with Crippen molar-refractivity contribution in [2.24, 2.45) is 0 Å². The Morgan fingerprint density at radius 3 is 2.69 bits per heavy atom. The lowest BCUT2D eigenvalue weighted by atomic mass is 10.3. The van der Waals surface area contributed by atoms with Crippen LogP contribution in [0, 0.1) is 6.92 Å². The van der Waals surface area contributed by atoms with Crippen LogP contribution in [0.1, 0.15) is 5.69 Å². The quantitative estimate of drug-likeness (QED) is 0.826. The van der Waals surface area contributed by atoms with Gasteiger partial charge in [0.2, 0.25) is 10.0 Å². The van der Waals surface area contributed by atoms with Gasteiger partial charge in [0.25, 0.3) is 0 Å². The van der Waals surface area contributed by atoms with Crippen LogP contribution in [0.3, 0.4) is 0 Å². The van der Waals surface area contributed by atoms with Gasteiger partial charge >= 0.3 is 0 Å². The van der Waals surface area contributed by atoms with Crippen LogP contribution >= 0.6 is 0 Å². The minimum absolute atomic E-state index is 0.0847. The number of aryl methyl sites for hydroxylation is 1. The maximum Gasteiger partial charge on any atom is 0.215 e. The third-order valence-electron chi connectivity index (χ3n) is 2.14. The number of anilines is 1. The molecule has 0 aliphatic carbocycles. The van der Waals surface area contributed by atoms with Gasteiger partial charge < -0.3 is 5.32 Å². The smallest absolute Gasteiger partial charge is 0.215 e. The third-order valence-corrected chi connectivity index (χ3v) is 3.97. The van der Waals surface area contributed by atoms with E-state index >= 15 is 0 Å². The molecule has 1 aromatic heterocycles. The lowest BCUT2D eigenvalue weighted by Gasteiger charge is -2.12. The second-order valence-corrected chi connectivity index (χ2v) is 6.01. The van der Waals surface area contributed by atoms with Crippen molar-refractivity contribution in [3.63, 3.8) is 0 Å². The second kappa shape index (κ2) is 5.27. The third kappa shape index (κ3) is 3.79.